The second-order valence-electron chi connectivity index (χ2n) is 6.00. The standard InChI is InChI=1S/C20H18F2N2O4/c1-11-18(20(25)23-10-12-4-5-16(21)17(22)6-12)19(28-24-11)13-7-14(26-2)9-15(8-13)27-3/h4-9H,10H2,1-3H3,(H,23,25). The van der Waals surface area contributed by atoms with Gasteiger partial charge in [-0.15, -0.1) is 0 Å². The lowest BCUT2D eigenvalue weighted by Crippen LogP contribution is -2.23. The summed E-state index contributed by atoms with van der Waals surface area (Å²) in [5.74, 6) is -1.08. The fourth-order valence-electron chi connectivity index (χ4n) is 2.69. The van der Waals surface area contributed by atoms with E-state index in [9.17, 15) is 13.6 Å². The summed E-state index contributed by atoms with van der Waals surface area (Å²) >= 11 is 0. The van der Waals surface area contributed by atoms with Crippen molar-refractivity contribution in [2.45, 2.75) is 13.5 Å². The highest BCUT2D eigenvalue weighted by Gasteiger charge is 2.23. The molecule has 0 aliphatic rings. The number of nitrogens with one attached hydrogen (secondary N) is 1. The van der Waals surface area contributed by atoms with E-state index in [0.717, 1.165) is 12.1 Å². The van der Waals surface area contributed by atoms with Gasteiger partial charge >= 0.3 is 0 Å². The second-order valence-corrected chi connectivity index (χ2v) is 6.00. The number of aromatic nitrogens is 1. The molecule has 0 bridgehead atoms. The first kappa shape index (κ1) is 19.3. The number of hydrogen-bond donors (Lipinski definition) is 1. The van der Waals surface area contributed by atoms with E-state index in [1.165, 1.54) is 20.3 Å². The van der Waals surface area contributed by atoms with E-state index < -0.39 is 17.5 Å². The van der Waals surface area contributed by atoms with Gasteiger partial charge in [0.25, 0.3) is 5.91 Å². The van der Waals surface area contributed by atoms with Gasteiger partial charge in [-0.05, 0) is 36.8 Å². The lowest BCUT2D eigenvalue weighted by molar-refractivity contribution is 0.0950. The summed E-state index contributed by atoms with van der Waals surface area (Å²) in [5.41, 5.74) is 1.60. The average Bonchev–Trinajstić information content (AvgIpc) is 3.09. The van der Waals surface area contributed by atoms with Crippen LogP contribution in [-0.2, 0) is 6.54 Å². The number of rotatable bonds is 6. The number of hydrogen-bond acceptors (Lipinski definition) is 5. The zero-order valence-electron chi connectivity index (χ0n) is 15.5. The molecule has 2 aromatic carbocycles. The maximum absolute atomic E-state index is 13.3. The summed E-state index contributed by atoms with van der Waals surface area (Å²) in [4.78, 5) is 12.7. The quantitative estimate of drug-likeness (QED) is 0.694. The lowest BCUT2D eigenvalue weighted by atomic mass is 10.1. The highest BCUT2D eigenvalue weighted by molar-refractivity contribution is 6.00. The lowest BCUT2D eigenvalue weighted by Gasteiger charge is -2.09. The maximum Gasteiger partial charge on any atom is 0.257 e. The highest BCUT2D eigenvalue weighted by atomic mass is 19.2. The number of ether oxygens (including phenoxy) is 2. The molecule has 146 valence electrons. The Bertz CT molecular complexity index is 995. The number of aryl methyl sites for hydroxylation is 1. The van der Waals surface area contributed by atoms with E-state index in [1.54, 1.807) is 25.1 Å². The second kappa shape index (κ2) is 8.08. The smallest absolute Gasteiger partial charge is 0.257 e. The van der Waals surface area contributed by atoms with Crippen molar-refractivity contribution in [2.24, 2.45) is 0 Å². The Labute approximate surface area is 160 Å². The number of halogens is 2. The molecular weight excluding hydrogens is 370 g/mol. The van der Waals surface area contributed by atoms with Crippen LogP contribution in [0.3, 0.4) is 0 Å². The molecule has 1 amide bonds. The normalized spacial score (nSPS) is 10.6. The largest absolute Gasteiger partial charge is 0.497 e. The van der Waals surface area contributed by atoms with Crippen LogP contribution in [0.15, 0.2) is 40.9 Å². The van der Waals surface area contributed by atoms with Crippen molar-refractivity contribution in [3.05, 3.63) is 64.9 Å². The Morgan fingerprint density at radius 1 is 1.07 bits per heavy atom. The van der Waals surface area contributed by atoms with Crippen molar-refractivity contribution in [1.82, 2.24) is 10.5 Å². The number of nitrogens with zero attached hydrogens (tertiary/aromatic N) is 1. The summed E-state index contributed by atoms with van der Waals surface area (Å²) in [6.07, 6.45) is 0. The van der Waals surface area contributed by atoms with Crippen LogP contribution in [-0.4, -0.2) is 25.3 Å². The van der Waals surface area contributed by atoms with Crippen LogP contribution >= 0.6 is 0 Å². The van der Waals surface area contributed by atoms with Gasteiger partial charge in [-0.2, -0.15) is 0 Å². The zero-order valence-corrected chi connectivity index (χ0v) is 15.5. The number of amides is 1. The van der Waals surface area contributed by atoms with Gasteiger partial charge in [-0.25, -0.2) is 8.78 Å². The average molecular weight is 388 g/mol. The Kier molecular flexibility index (Phi) is 5.58. The SMILES string of the molecule is COc1cc(OC)cc(-c2onc(C)c2C(=O)NCc2ccc(F)c(F)c2)c1. The third kappa shape index (κ3) is 3.95. The van der Waals surface area contributed by atoms with Crippen molar-refractivity contribution < 1.29 is 27.6 Å². The molecule has 0 atom stereocenters. The third-order valence-corrected chi connectivity index (χ3v) is 4.14. The summed E-state index contributed by atoms with van der Waals surface area (Å²) in [6, 6.07) is 8.51. The molecule has 1 aromatic heterocycles. The van der Waals surface area contributed by atoms with Gasteiger partial charge in [0.1, 0.15) is 17.1 Å². The van der Waals surface area contributed by atoms with E-state index in [-0.39, 0.29) is 17.9 Å². The topological polar surface area (TPSA) is 73.6 Å². The predicted molar refractivity (Wildman–Crippen MR) is 97.3 cm³/mol. The number of carbonyl (C=O) groups excluding carboxylic acids is 1. The first-order valence-electron chi connectivity index (χ1n) is 8.34. The minimum atomic E-state index is -0.975. The van der Waals surface area contributed by atoms with E-state index in [4.69, 9.17) is 14.0 Å². The molecule has 0 spiro atoms. The van der Waals surface area contributed by atoms with Crippen molar-refractivity contribution in [1.29, 1.82) is 0 Å². The van der Waals surface area contributed by atoms with Crippen LogP contribution < -0.4 is 14.8 Å². The molecule has 28 heavy (non-hydrogen) atoms. The number of benzene rings is 2. The van der Waals surface area contributed by atoms with Gasteiger partial charge in [0.2, 0.25) is 0 Å². The summed E-state index contributed by atoms with van der Waals surface area (Å²) in [6.45, 7) is 1.65. The van der Waals surface area contributed by atoms with Gasteiger partial charge in [0.05, 0.1) is 19.9 Å². The van der Waals surface area contributed by atoms with E-state index in [0.29, 0.717) is 28.3 Å². The van der Waals surface area contributed by atoms with Crippen LogP contribution in [0.2, 0.25) is 0 Å². The predicted octanol–water partition coefficient (Wildman–Crippen LogP) is 3.88. The van der Waals surface area contributed by atoms with Crippen molar-refractivity contribution in [3.8, 4) is 22.8 Å². The van der Waals surface area contributed by atoms with E-state index in [1.807, 2.05) is 0 Å². The molecule has 0 aliphatic carbocycles. The number of carbonyl (C=O) groups is 1. The Hall–Kier alpha value is -3.42. The van der Waals surface area contributed by atoms with Crippen LogP contribution in [0.1, 0.15) is 21.6 Å². The van der Waals surface area contributed by atoms with E-state index in [2.05, 4.69) is 10.5 Å². The van der Waals surface area contributed by atoms with Crippen LogP contribution in [0, 0.1) is 18.6 Å². The summed E-state index contributed by atoms with van der Waals surface area (Å²) in [7, 11) is 3.03. The summed E-state index contributed by atoms with van der Waals surface area (Å²) < 4.78 is 42.2. The van der Waals surface area contributed by atoms with Crippen molar-refractivity contribution in [2.75, 3.05) is 14.2 Å². The molecule has 0 saturated carbocycles. The Morgan fingerprint density at radius 3 is 2.36 bits per heavy atom. The molecule has 3 rings (SSSR count). The molecule has 1 N–H and O–H groups in total. The molecule has 0 aliphatic heterocycles. The monoisotopic (exact) mass is 388 g/mol. The van der Waals surface area contributed by atoms with Crippen molar-refractivity contribution >= 4 is 5.91 Å². The molecule has 0 radical (unpaired) electrons. The van der Waals surface area contributed by atoms with Crippen LogP contribution in [0.25, 0.3) is 11.3 Å². The fourth-order valence-corrected chi connectivity index (χ4v) is 2.69. The fraction of sp³-hybridized carbons (Fsp3) is 0.200. The molecule has 6 nitrogen and oxygen atoms in total. The molecule has 0 unspecified atom stereocenters. The molecule has 0 fully saturated rings. The molecule has 1 heterocycles. The zero-order chi connectivity index (χ0) is 20.3. The third-order valence-electron chi connectivity index (χ3n) is 4.14. The van der Waals surface area contributed by atoms with Crippen LogP contribution in [0.5, 0.6) is 11.5 Å². The van der Waals surface area contributed by atoms with Gasteiger partial charge in [-0.1, -0.05) is 11.2 Å². The van der Waals surface area contributed by atoms with Gasteiger partial charge in [0.15, 0.2) is 17.4 Å². The van der Waals surface area contributed by atoms with Gasteiger partial charge < -0.3 is 19.3 Å². The van der Waals surface area contributed by atoms with Gasteiger partial charge in [-0.3, -0.25) is 4.79 Å². The highest BCUT2D eigenvalue weighted by Crippen LogP contribution is 2.33. The summed E-state index contributed by atoms with van der Waals surface area (Å²) in [5, 5.41) is 6.54. The first-order chi connectivity index (χ1) is 13.4. The number of methoxy groups -OCH3 is 2. The minimum Gasteiger partial charge on any atom is -0.497 e. The minimum absolute atomic E-state index is 0.0154. The molecule has 8 heteroatoms. The Morgan fingerprint density at radius 2 is 1.75 bits per heavy atom. The van der Waals surface area contributed by atoms with E-state index >= 15 is 0 Å². The first-order valence-corrected chi connectivity index (χ1v) is 8.34. The Balaban J connectivity index is 1.88. The molecule has 0 saturated heterocycles. The molecule has 3 aromatic rings. The molecular formula is C20H18F2N2O4. The van der Waals surface area contributed by atoms with Crippen LogP contribution in [0.4, 0.5) is 8.78 Å². The van der Waals surface area contributed by atoms with Crippen molar-refractivity contribution in [3.63, 3.8) is 0 Å². The van der Waals surface area contributed by atoms with Gasteiger partial charge in [0, 0.05) is 18.2 Å². The maximum atomic E-state index is 13.3.